The van der Waals surface area contributed by atoms with Crippen LogP contribution in [-0.2, 0) is 11.3 Å². The van der Waals surface area contributed by atoms with E-state index in [1.165, 1.54) is 11.8 Å². The molecule has 6 nitrogen and oxygen atoms in total. The highest BCUT2D eigenvalue weighted by Gasteiger charge is 2.79. The van der Waals surface area contributed by atoms with E-state index in [0.29, 0.717) is 58.4 Å². The minimum Gasteiger partial charge on any atom is -0.465 e. The maximum atomic E-state index is 15.2. The van der Waals surface area contributed by atoms with Crippen LogP contribution in [-0.4, -0.2) is 75.8 Å². The van der Waals surface area contributed by atoms with E-state index in [2.05, 4.69) is 4.90 Å². The highest BCUT2D eigenvalue weighted by molar-refractivity contribution is 5.93. The van der Waals surface area contributed by atoms with Crippen molar-refractivity contribution in [3.05, 3.63) is 58.2 Å². The number of nitrogens with zero attached hydrogens (tertiary/aromatic N) is 2. The highest BCUT2D eigenvalue weighted by atomic mass is 19.4. The Morgan fingerprint density at radius 2 is 1.67 bits per heavy atom. The first-order valence-electron chi connectivity index (χ1n) is 15.1. The van der Waals surface area contributed by atoms with E-state index in [-0.39, 0.29) is 24.5 Å². The number of benzene rings is 1. The van der Waals surface area contributed by atoms with Crippen molar-refractivity contribution in [2.45, 2.75) is 82.0 Å². The minimum absolute atomic E-state index is 0.0450. The molecule has 2 N–H and O–H groups in total. The Labute approximate surface area is 247 Å². The molecule has 1 amide bonds. The first kappa shape index (κ1) is 30.2. The average molecular weight is 609 g/mol. The van der Waals surface area contributed by atoms with Gasteiger partial charge in [0.25, 0.3) is 0 Å². The molecule has 0 spiro atoms. The molecule has 5 atom stereocenters. The number of halogens is 5. The Morgan fingerprint density at radius 1 is 1.00 bits per heavy atom. The third-order valence-electron chi connectivity index (χ3n) is 11.2. The number of allylic oxidation sites excluding steroid dienone is 4. The van der Waals surface area contributed by atoms with Gasteiger partial charge in [-0.2, -0.15) is 22.0 Å². The Bertz CT molecular complexity index is 1360. The summed E-state index contributed by atoms with van der Waals surface area (Å²) >= 11 is 0. The molecule has 0 aromatic heterocycles. The number of alkyl halides is 5. The third kappa shape index (κ3) is 4.72. The van der Waals surface area contributed by atoms with E-state index in [9.17, 15) is 33.0 Å². The van der Waals surface area contributed by atoms with Gasteiger partial charge in [-0.15, -0.1) is 0 Å². The lowest BCUT2D eigenvalue weighted by atomic mass is 9.50. The molecule has 1 saturated heterocycles. The molecule has 3 fully saturated rings. The fraction of sp³-hybridized carbons (Fsp3) is 0.625. The van der Waals surface area contributed by atoms with Gasteiger partial charge >= 0.3 is 18.2 Å². The summed E-state index contributed by atoms with van der Waals surface area (Å²) in [5.41, 5.74) is -0.0920. The smallest absolute Gasteiger partial charge is 0.456 e. The summed E-state index contributed by atoms with van der Waals surface area (Å²) in [5.74, 6) is -6.48. The van der Waals surface area contributed by atoms with Crippen LogP contribution in [0.15, 0.2) is 47.1 Å². The summed E-state index contributed by atoms with van der Waals surface area (Å²) in [4.78, 5) is 27.0. The number of carbonyl (C=O) groups is 2. The van der Waals surface area contributed by atoms with E-state index < -0.39 is 47.5 Å². The number of hydrogen-bond acceptors (Lipinski definition) is 4. The van der Waals surface area contributed by atoms with E-state index in [1.54, 1.807) is 6.08 Å². The second-order valence-electron chi connectivity index (χ2n) is 13.3. The average Bonchev–Trinajstić information content (AvgIpc) is 3.24. The molecule has 5 aliphatic rings. The molecular weight excluding hydrogens is 571 g/mol. The lowest BCUT2D eigenvalue weighted by Gasteiger charge is -2.56. The molecule has 234 valence electrons. The number of hydrogen-bond donors (Lipinski definition) is 2. The number of amides is 1. The van der Waals surface area contributed by atoms with Crippen LogP contribution in [0.25, 0.3) is 0 Å². The minimum atomic E-state index is -5.88. The SMILES string of the molecule is C[C@]12C[C@H](c3ccc(CN4CCN(C(=O)O)CC4)cc3)C3=C4CCC(=O)C=C4CC[C@H]3[C@@H]1CC[C@@]2(O)C(F)(F)C(F)(F)F. The van der Waals surface area contributed by atoms with E-state index >= 15 is 8.78 Å². The van der Waals surface area contributed by atoms with Crippen molar-refractivity contribution >= 4 is 11.9 Å². The molecule has 0 bridgehead atoms. The number of carbonyl (C=O) groups excluding carboxylic acids is 1. The zero-order chi connectivity index (χ0) is 30.9. The third-order valence-corrected chi connectivity index (χ3v) is 11.2. The largest absolute Gasteiger partial charge is 0.465 e. The summed E-state index contributed by atoms with van der Waals surface area (Å²) in [7, 11) is 0. The van der Waals surface area contributed by atoms with Gasteiger partial charge in [0, 0.05) is 50.5 Å². The summed E-state index contributed by atoms with van der Waals surface area (Å²) in [6, 6.07) is 7.68. The number of carboxylic acid groups (broad SMARTS) is 1. The van der Waals surface area contributed by atoms with E-state index in [1.807, 2.05) is 24.3 Å². The normalized spacial score (nSPS) is 33.6. The van der Waals surface area contributed by atoms with Crippen molar-refractivity contribution in [2.75, 3.05) is 26.2 Å². The first-order valence-corrected chi connectivity index (χ1v) is 15.1. The number of aliphatic hydroxyl groups is 1. The number of rotatable bonds is 4. The van der Waals surface area contributed by atoms with Crippen LogP contribution in [0.2, 0.25) is 0 Å². The molecule has 6 rings (SSSR count). The summed E-state index contributed by atoms with van der Waals surface area (Å²) < 4.78 is 71.7. The summed E-state index contributed by atoms with van der Waals surface area (Å²) in [5, 5.41) is 20.6. The van der Waals surface area contributed by atoms with E-state index in [0.717, 1.165) is 27.8 Å². The molecule has 0 unspecified atom stereocenters. The molecule has 2 saturated carbocycles. The van der Waals surface area contributed by atoms with Gasteiger partial charge in [-0.25, -0.2) is 4.79 Å². The van der Waals surface area contributed by atoms with Crippen molar-refractivity contribution in [3.63, 3.8) is 0 Å². The van der Waals surface area contributed by atoms with Crippen LogP contribution >= 0.6 is 0 Å². The number of ketones is 1. The molecule has 4 aliphatic carbocycles. The monoisotopic (exact) mass is 608 g/mol. The zero-order valence-electron chi connectivity index (χ0n) is 24.1. The van der Waals surface area contributed by atoms with Crippen LogP contribution in [0.5, 0.6) is 0 Å². The van der Waals surface area contributed by atoms with Crippen molar-refractivity contribution in [3.8, 4) is 0 Å². The molecule has 1 aliphatic heterocycles. The van der Waals surface area contributed by atoms with Crippen LogP contribution in [0, 0.1) is 17.3 Å². The van der Waals surface area contributed by atoms with Crippen molar-refractivity contribution in [2.24, 2.45) is 17.3 Å². The van der Waals surface area contributed by atoms with E-state index in [4.69, 9.17) is 0 Å². The van der Waals surface area contributed by atoms with Gasteiger partial charge in [0.1, 0.15) is 5.60 Å². The molecular formula is C32H37F5N2O4. The second kappa shape index (κ2) is 10.4. The second-order valence-corrected chi connectivity index (χ2v) is 13.3. The molecule has 43 heavy (non-hydrogen) atoms. The molecule has 11 heteroatoms. The summed E-state index contributed by atoms with van der Waals surface area (Å²) in [6.07, 6.45) is -3.76. The Balaban J connectivity index is 1.36. The summed E-state index contributed by atoms with van der Waals surface area (Å²) in [6.45, 7) is 4.04. The maximum absolute atomic E-state index is 15.2. The van der Waals surface area contributed by atoms with Gasteiger partial charge in [0.2, 0.25) is 0 Å². The molecule has 1 aromatic carbocycles. The van der Waals surface area contributed by atoms with Crippen molar-refractivity contribution in [1.82, 2.24) is 9.80 Å². The van der Waals surface area contributed by atoms with Crippen molar-refractivity contribution in [1.29, 1.82) is 0 Å². The molecule has 0 radical (unpaired) electrons. The molecule has 1 aromatic rings. The fourth-order valence-electron chi connectivity index (χ4n) is 8.93. The van der Waals surface area contributed by atoms with Gasteiger partial charge in [-0.05, 0) is 78.7 Å². The maximum Gasteiger partial charge on any atom is 0.456 e. The van der Waals surface area contributed by atoms with Gasteiger partial charge < -0.3 is 15.1 Å². The first-order chi connectivity index (χ1) is 20.2. The van der Waals surface area contributed by atoms with Crippen molar-refractivity contribution < 1.29 is 41.8 Å². The lowest BCUT2D eigenvalue weighted by Crippen LogP contribution is -2.65. The Kier molecular flexibility index (Phi) is 7.31. The number of piperazine rings is 1. The van der Waals surface area contributed by atoms with Gasteiger partial charge in [-0.3, -0.25) is 9.69 Å². The molecule has 1 heterocycles. The zero-order valence-corrected chi connectivity index (χ0v) is 24.1. The predicted octanol–water partition coefficient (Wildman–Crippen LogP) is 6.31. The van der Waals surface area contributed by atoms with Gasteiger partial charge in [0.05, 0.1) is 0 Å². The van der Waals surface area contributed by atoms with Crippen LogP contribution in [0.3, 0.4) is 0 Å². The fourth-order valence-corrected chi connectivity index (χ4v) is 8.93. The Morgan fingerprint density at radius 3 is 2.30 bits per heavy atom. The topological polar surface area (TPSA) is 81.1 Å². The van der Waals surface area contributed by atoms with Crippen LogP contribution in [0.1, 0.15) is 68.9 Å². The lowest BCUT2D eigenvalue weighted by molar-refractivity contribution is -0.362. The van der Waals surface area contributed by atoms with Gasteiger partial charge in [-0.1, -0.05) is 36.8 Å². The Hall–Kier alpha value is -2.79. The number of fused-ring (bicyclic) bond motifs is 4. The van der Waals surface area contributed by atoms with Crippen LogP contribution in [0.4, 0.5) is 26.7 Å². The highest BCUT2D eigenvalue weighted by Crippen LogP contribution is 2.70. The quantitative estimate of drug-likeness (QED) is 0.392. The predicted molar refractivity (Wildman–Crippen MR) is 148 cm³/mol. The standard InChI is InChI=1S/C32H37F5N2O4/c1-29-17-25(20-4-2-19(3-5-20)18-38-12-14-39(15-13-38)28(41)42)27-23-9-7-22(40)16-21(23)6-8-24(27)26(29)10-11-30(29,43)31(33,34)32(35,36)37/h2-5,16,24-26,43H,6-15,17-18H2,1H3,(H,41,42)/t24-,25+,26-,29-,30-/m0/s1. The van der Waals surface area contributed by atoms with Crippen LogP contribution < -0.4 is 0 Å². The van der Waals surface area contributed by atoms with Gasteiger partial charge in [0.15, 0.2) is 5.78 Å².